The van der Waals surface area contributed by atoms with Crippen molar-refractivity contribution in [2.24, 2.45) is 0 Å². The van der Waals surface area contributed by atoms with Gasteiger partial charge in [-0.1, -0.05) is 48.2 Å². The number of methoxy groups -OCH3 is 1. The van der Waals surface area contributed by atoms with E-state index in [-0.39, 0.29) is 5.91 Å². The van der Waals surface area contributed by atoms with E-state index in [0.29, 0.717) is 10.9 Å². The molecule has 32 heavy (non-hydrogen) atoms. The highest BCUT2D eigenvalue weighted by Crippen LogP contribution is 2.31. The number of carbonyl (C=O) groups excluding carboxylic acids is 1. The number of aromatic nitrogens is 3. The number of hydrogen-bond donors (Lipinski definition) is 0. The largest absolute Gasteiger partial charge is 0.497 e. The fraction of sp³-hybridized carbons (Fsp3) is 0.160. The summed E-state index contributed by atoms with van der Waals surface area (Å²) in [6, 6.07) is 25.8. The van der Waals surface area contributed by atoms with Gasteiger partial charge in [-0.15, -0.1) is 10.2 Å². The topological polar surface area (TPSA) is 60.3 Å². The van der Waals surface area contributed by atoms with Gasteiger partial charge in [0.2, 0.25) is 5.91 Å². The Kier molecular flexibility index (Phi) is 5.64. The van der Waals surface area contributed by atoms with Gasteiger partial charge in [0, 0.05) is 23.5 Å². The lowest BCUT2D eigenvalue weighted by Gasteiger charge is -2.17. The molecule has 4 aromatic rings. The number of rotatable bonds is 6. The first-order chi connectivity index (χ1) is 15.7. The zero-order valence-electron chi connectivity index (χ0n) is 17.6. The molecule has 2 heterocycles. The number of hydrogen-bond acceptors (Lipinski definition) is 5. The third-order valence-electron chi connectivity index (χ3n) is 5.51. The molecule has 0 N–H and O–H groups in total. The highest BCUT2D eigenvalue weighted by atomic mass is 32.2. The number of fused-ring (bicyclic) bond motifs is 1. The van der Waals surface area contributed by atoms with Crippen molar-refractivity contribution in [1.82, 2.24) is 14.8 Å². The van der Waals surface area contributed by atoms with Crippen molar-refractivity contribution in [3.05, 3.63) is 84.4 Å². The molecule has 0 saturated carbocycles. The van der Waals surface area contributed by atoms with Gasteiger partial charge in [-0.2, -0.15) is 0 Å². The van der Waals surface area contributed by atoms with Crippen molar-refractivity contribution in [3.63, 3.8) is 0 Å². The number of amides is 1. The standard InChI is InChI=1S/C25H22N4O2S/c1-31-21-13-11-19(12-14-21)24-26-27-25(29(24)20-8-3-2-4-9-20)32-17-23(30)28-16-15-18-7-5-6-10-22(18)28/h2-14H,15-17H2,1H3. The first kappa shape index (κ1) is 20.3. The molecular formula is C25H22N4O2S. The third-order valence-corrected chi connectivity index (χ3v) is 6.42. The van der Waals surface area contributed by atoms with Crippen LogP contribution in [0.3, 0.4) is 0 Å². The summed E-state index contributed by atoms with van der Waals surface area (Å²) in [6.07, 6.45) is 0.897. The highest BCUT2D eigenvalue weighted by Gasteiger charge is 2.25. The highest BCUT2D eigenvalue weighted by molar-refractivity contribution is 7.99. The van der Waals surface area contributed by atoms with E-state index < -0.39 is 0 Å². The van der Waals surface area contributed by atoms with Gasteiger partial charge in [-0.3, -0.25) is 9.36 Å². The monoisotopic (exact) mass is 442 g/mol. The molecule has 0 radical (unpaired) electrons. The summed E-state index contributed by atoms with van der Waals surface area (Å²) < 4.78 is 7.27. The zero-order chi connectivity index (χ0) is 21.9. The molecular weight excluding hydrogens is 420 g/mol. The van der Waals surface area contributed by atoms with Crippen molar-refractivity contribution in [2.75, 3.05) is 24.3 Å². The minimum atomic E-state index is 0.0774. The van der Waals surface area contributed by atoms with Crippen LogP contribution in [0.1, 0.15) is 5.56 Å². The first-order valence-corrected chi connectivity index (χ1v) is 11.4. The Hall–Kier alpha value is -3.58. The smallest absolute Gasteiger partial charge is 0.237 e. The quantitative estimate of drug-likeness (QED) is 0.408. The lowest BCUT2D eigenvalue weighted by atomic mass is 10.2. The number of thioether (sulfide) groups is 1. The molecule has 1 aromatic heterocycles. The van der Waals surface area contributed by atoms with Crippen LogP contribution >= 0.6 is 11.8 Å². The van der Waals surface area contributed by atoms with E-state index in [1.54, 1.807) is 7.11 Å². The predicted molar refractivity (Wildman–Crippen MR) is 127 cm³/mol. The zero-order valence-corrected chi connectivity index (χ0v) is 18.5. The number of nitrogens with zero attached hydrogens (tertiary/aromatic N) is 4. The van der Waals surface area contributed by atoms with E-state index in [4.69, 9.17) is 4.74 Å². The molecule has 3 aromatic carbocycles. The maximum atomic E-state index is 13.0. The Morgan fingerprint density at radius 2 is 1.72 bits per heavy atom. The summed E-state index contributed by atoms with van der Waals surface area (Å²) in [5, 5.41) is 9.57. The van der Waals surface area contributed by atoms with E-state index in [1.165, 1.54) is 17.3 Å². The second-order valence-electron chi connectivity index (χ2n) is 7.42. The fourth-order valence-electron chi connectivity index (χ4n) is 3.90. The molecule has 1 aliphatic heterocycles. The molecule has 160 valence electrons. The van der Waals surface area contributed by atoms with Crippen molar-refractivity contribution in [1.29, 1.82) is 0 Å². The molecule has 0 aliphatic carbocycles. The second-order valence-corrected chi connectivity index (χ2v) is 8.36. The normalized spacial score (nSPS) is 12.6. The Bertz CT molecular complexity index is 1240. The molecule has 0 unspecified atom stereocenters. The molecule has 0 saturated heterocycles. The van der Waals surface area contributed by atoms with Gasteiger partial charge in [0.15, 0.2) is 11.0 Å². The van der Waals surface area contributed by atoms with E-state index in [0.717, 1.165) is 41.5 Å². The van der Waals surface area contributed by atoms with Crippen LogP contribution in [0.2, 0.25) is 0 Å². The molecule has 1 amide bonds. The maximum absolute atomic E-state index is 13.0. The van der Waals surface area contributed by atoms with Crippen molar-refractivity contribution >= 4 is 23.4 Å². The molecule has 0 atom stereocenters. The molecule has 0 fully saturated rings. The Balaban J connectivity index is 1.43. The molecule has 5 rings (SSSR count). The van der Waals surface area contributed by atoms with Crippen molar-refractivity contribution in [3.8, 4) is 22.8 Å². The third kappa shape index (κ3) is 3.87. The predicted octanol–water partition coefficient (Wildman–Crippen LogP) is 4.62. The molecule has 7 heteroatoms. The number of carbonyl (C=O) groups is 1. The molecule has 0 bridgehead atoms. The van der Waals surface area contributed by atoms with Crippen LogP contribution < -0.4 is 9.64 Å². The Labute approximate surface area is 190 Å². The van der Waals surface area contributed by atoms with Crippen LogP contribution in [0, 0.1) is 0 Å². The summed E-state index contributed by atoms with van der Waals surface area (Å²) in [6.45, 7) is 0.723. The molecule has 0 spiro atoms. The fourth-order valence-corrected chi connectivity index (χ4v) is 4.73. The van der Waals surface area contributed by atoms with E-state index in [2.05, 4.69) is 16.3 Å². The van der Waals surface area contributed by atoms with E-state index in [9.17, 15) is 4.79 Å². The van der Waals surface area contributed by atoms with Crippen LogP contribution in [0.25, 0.3) is 17.1 Å². The minimum absolute atomic E-state index is 0.0774. The van der Waals surface area contributed by atoms with Gasteiger partial charge < -0.3 is 9.64 Å². The summed E-state index contributed by atoms with van der Waals surface area (Å²) in [5.74, 6) is 1.88. The number of benzene rings is 3. The second kappa shape index (κ2) is 8.88. The summed E-state index contributed by atoms with van der Waals surface area (Å²) in [7, 11) is 1.64. The van der Waals surface area contributed by atoms with Gasteiger partial charge in [0.25, 0.3) is 0 Å². The van der Waals surface area contributed by atoms with Gasteiger partial charge in [-0.05, 0) is 54.4 Å². The van der Waals surface area contributed by atoms with Crippen LogP contribution in [0.15, 0.2) is 84.0 Å². The summed E-state index contributed by atoms with van der Waals surface area (Å²) in [5.41, 5.74) is 4.11. The summed E-state index contributed by atoms with van der Waals surface area (Å²) >= 11 is 1.41. The number of ether oxygens (including phenoxy) is 1. The van der Waals surface area contributed by atoms with Gasteiger partial charge in [-0.25, -0.2) is 0 Å². The number of para-hydroxylation sites is 2. The van der Waals surface area contributed by atoms with E-state index >= 15 is 0 Å². The van der Waals surface area contributed by atoms with Gasteiger partial charge in [0.05, 0.1) is 12.9 Å². The molecule has 6 nitrogen and oxygen atoms in total. The van der Waals surface area contributed by atoms with Crippen molar-refractivity contribution in [2.45, 2.75) is 11.6 Å². The van der Waals surface area contributed by atoms with E-state index in [1.807, 2.05) is 82.3 Å². The lowest BCUT2D eigenvalue weighted by molar-refractivity contribution is -0.116. The van der Waals surface area contributed by atoms with Crippen LogP contribution in [-0.2, 0) is 11.2 Å². The average Bonchev–Trinajstić information content (AvgIpc) is 3.48. The van der Waals surface area contributed by atoms with Gasteiger partial charge in [0.1, 0.15) is 5.75 Å². The Morgan fingerprint density at radius 3 is 2.50 bits per heavy atom. The maximum Gasteiger partial charge on any atom is 0.237 e. The number of anilines is 1. The van der Waals surface area contributed by atoms with Gasteiger partial charge >= 0.3 is 0 Å². The van der Waals surface area contributed by atoms with Crippen LogP contribution in [0.5, 0.6) is 5.75 Å². The summed E-state index contributed by atoms with van der Waals surface area (Å²) in [4.78, 5) is 14.9. The lowest BCUT2D eigenvalue weighted by Crippen LogP contribution is -2.30. The Morgan fingerprint density at radius 1 is 0.969 bits per heavy atom. The van der Waals surface area contributed by atoms with Crippen LogP contribution in [0.4, 0.5) is 5.69 Å². The minimum Gasteiger partial charge on any atom is -0.497 e. The average molecular weight is 443 g/mol. The SMILES string of the molecule is COc1ccc(-c2nnc(SCC(=O)N3CCc4ccccc43)n2-c2ccccc2)cc1. The first-order valence-electron chi connectivity index (χ1n) is 10.4. The van der Waals surface area contributed by atoms with Crippen LogP contribution in [-0.4, -0.2) is 40.1 Å². The molecule has 1 aliphatic rings. The van der Waals surface area contributed by atoms with Crippen molar-refractivity contribution < 1.29 is 9.53 Å².